The first-order valence-corrected chi connectivity index (χ1v) is 12.0. The van der Waals surface area contributed by atoms with Crippen LogP contribution in [0.25, 0.3) is 21.3 Å². The second-order valence-corrected chi connectivity index (χ2v) is 9.63. The molecule has 2 N–H and O–H groups in total. The summed E-state index contributed by atoms with van der Waals surface area (Å²) in [7, 11) is 0. The van der Waals surface area contributed by atoms with Crippen molar-refractivity contribution in [1.29, 1.82) is 0 Å². The molecule has 3 heterocycles. The number of rotatable bonds is 2. The summed E-state index contributed by atoms with van der Waals surface area (Å²) in [6.45, 7) is 8.26. The highest BCUT2D eigenvalue weighted by molar-refractivity contribution is 7.22. The number of nitrogens with zero attached hydrogens (tertiary/aromatic N) is 3. The molecule has 34 heavy (non-hydrogen) atoms. The number of nitrogens with two attached hydrogens (primary N) is 1. The Hall–Kier alpha value is -3.12. The number of benzene rings is 2. The van der Waals surface area contributed by atoms with E-state index in [0.29, 0.717) is 63.9 Å². The number of carbonyl (C=O) groups excluding carboxylic acids is 1. The Labute approximate surface area is 205 Å². The summed E-state index contributed by atoms with van der Waals surface area (Å²) >= 11 is 8.08. The van der Waals surface area contributed by atoms with Gasteiger partial charge in [0.2, 0.25) is 5.91 Å². The fourth-order valence-corrected chi connectivity index (χ4v) is 5.78. The number of nitrogen functional groups attached to an aromatic ring is 1. The van der Waals surface area contributed by atoms with E-state index in [4.69, 9.17) is 22.1 Å². The monoisotopic (exact) mass is 496 g/mol. The fraction of sp³-hybridized carbons (Fsp3) is 0.280. The van der Waals surface area contributed by atoms with Crippen molar-refractivity contribution in [3.8, 4) is 28.7 Å². The van der Waals surface area contributed by atoms with Crippen LogP contribution in [0.3, 0.4) is 0 Å². The first kappa shape index (κ1) is 22.7. The zero-order valence-corrected chi connectivity index (χ0v) is 20.1. The first-order valence-electron chi connectivity index (χ1n) is 10.8. The van der Waals surface area contributed by atoms with Crippen LogP contribution in [0.5, 0.6) is 5.75 Å². The van der Waals surface area contributed by atoms with Crippen LogP contribution < -0.4 is 10.5 Å². The number of halogens is 2. The molecule has 1 fully saturated rings. The Bertz CT molecular complexity index is 1390. The third kappa shape index (κ3) is 3.80. The summed E-state index contributed by atoms with van der Waals surface area (Å²) in [6, 6.07) is 5.07. The largest absolute Gasteiger partial charge is 0.490 e. The van der Waals surface area contributed by atoms with Gasteiger partial charge < -0.3 is 15.4 Å². The van der Waals surface area contributed by atoms with Crippen LogP contribution in [-0.2, 0) is 11.3 Å². The molecule has 0 aliphatic carbocycles. The lowest BCUT2D eigenvalue weighted by Gasteiger charge is -2.39. The lowest BCUT2D eigenvalue weighted by Crippen LogP contribution is -2.55. The predicted molar refractivity (Wildman–Crippen MR) is 133 cm³/mol. The van der Waals surface area contributed by atoms with E-state index in [2.05, 4.69) is 28.3 Å². The molecular formula is C25H22ClFN4O2S. The second kappa shape index (κ2) is 8.91. The van der Waals surface area contributed by atoms with Gasteiger partial charge in [-0.2, -0.15) is 0 Å². The van der Waals surface area contributed by atoms with Crippen LogP contribution in [0, 0.1) is 17.7 Å². The predicted octanol–water partition coefficient (Wildman–Crippen LogP) is 4.30. The molecule has 5 rings (SSSR count). The normalized spacial score (nSPS) is 17.7. The van der Waals surface area contributed by atoms with Gasteiger partial charge in [-0.05, 0) is 31.2 Å². The van der Waals surface area contributed by atoms with Crippen molar-refractivity contribution in [2.75, 3.05) is 32.0 Å². The van der Waals surface area contributed by atoms with Gasteiger partial charge >= 0.3 is 0 Å². The Kier molecular flexibility index (Phi) is 5.94. The minimum atomic E-state index is -0.381. The average molecular weight is 497 g/mol. The SMILES string of the molecule is C=CC(=O)N1CCN2Cc3cc(C#CC)c(-c4ccc(F)c5sc(N)nc45)c(Cl)c3OCC2C1. The molecule has 0 saturated carbocycles. The summed E-state index contributed by atoms with van der Waals surface area (Å²) in [4.78, 5) is 20.6. The molecule has 0 bridgehead atoms. The summed E-state index contributed by atoms with van der Waals surface area (Å²) < 4.78 is 21.1. The molecule has 1 saturated heterocycles. The van der Waals surface area contributed by atoms with Gasteiger partial charge in [-0.3, -0.25) is 9.69 Å². The van der Waals surface area contributed by atoms with E-state index in [1.165, 1.54) is 12.1 Å². The molecule has 2 aromatic carbocycles. The van der Waals surface area contributed by atoms with E-state index >= 15 is 0 Å². The third-order valence-electron chi connectivity index (χ3n) is 6.22. The van der Waals surface area contributed by atoms with Gasteiger partial charge in [0.15, 0.2) is 5.13 Å². The molecule has 1 unspecified atom stereocenters. The standard InChI is InChI=1S/C25H22ClFN4O2S/c1-3-5-14-10-15-11-30-8-9-31(19(32)4-2)12-16(30)13-33-23(15)21(26)20(14)17-6-7-18(27)24-22(17)29-25(28)34-24/h4,6-7,10,16H,2,8-9,11-13H2,1H3,(H2,28,29). The molecule has 3 aromatic rings. The lowest BCUT2D eigenvalue weighted by atomic mass is 9.95. The third-order valence-corrected chi connectivity index (χ3v) is 7.48. The Morgan fingerprint density at radius 2 is 2.26 bits per heavy atom. The summed E-state index contributed by atoms with van der Waals surface area (Å²) in [5.41, 5.74) is 9.29. The van der Waals surface area contributed by atoms with Gasteiger partial charge in [-0.25, -0.2) is 9.37 Å². The van der Waals surface area contributed by atoms with Crippen LogP contribution in [0.2, 0.25) is 5.02 Å². The van der Waals surface area contributed by atoms with Crippen LogP contribution >= 0.6 is 22.9 Å². The summed E-state index contributed by atoms with van der Waals surface area (Å²) in [5.74, 6) is 6.23. The average Bonchev–Trinajstić information content (AvgIpc) is 3.12. The number of fused-ring (bicyclic) bond motifs is 3. The number of anilines is 1. The van der Waals surface area contributed by atoms with Crippen LogP contribution in [0.1, 0.15) is 18.1 Å². The lowest BCUT2D eigenvalue weighted by molar-refractivity contribution is -0.129. The molecule has 1 atom stereocenters. The number of hydrogen-bond donors (Lipinski definition) is 1. The zero-order chi connectivity index (χ0) is 24.0. The van der Waals surface area contributed by atoms with Crippen molar-refractivity contribution in [3.63, 3.8) is 0 Å². The highest BCUT2D eigenvalue weighted by atomic mass is 35.5. The maximum Gasteiger partial charge on any atom is 0.246 e. The Morgan fingerprint density at radius 1 is 1.44 bits per heavy atom. The number of piperazine rings is 1. The zero-order valence-electron chi connectivity index (χ0n) is 18.5. The van der Waals surface area contributed by atoms with E-state index in [1.54, 1.807) is 17.9 Å². The van der Waals surface area contributed by atoms with Crippen molar-refractivity contribution >= 4 is 44.2 Å². The van der Waals surface area contributed by atoms with Crippen LogP contribution in [-0.4, -0.2) is 53.0 Å². The number of hydrogen-bond acceptors (Lipinski definition) is 6. The molecule has 1 aromatic heterocycles. The van der Waals surface area contributed by atoms with Gasteiger partial charge in [0.05, 0.1) is 21.3 Å². The van der Waals surface area contributed by atoms with E-state index in [-0.39, 0.29) is 22.9 Å². The quantitative estimate of drug-likeness (QED) is 0.423. The van der Waals surface area contributed by atoms with Crippen LogP contribution in [0.4, 0.5) is 9.52 Å². The van der Waals surface area contributed by atoms with Crippen LogP contribution in [0.15, 0.2) is 30.9 Å². The van der Waals surface area contributed by atoms with Gasteiger partial charge in [0.1, 0.15) is 18.2 Å². The summed E-state index contributed by atoms with van der Waals surface area (Å²) in [5, 5.41) is 0.690. The van der Waals surface area contributed by atoms with Crippen molar-refractivity contribution < 1.29 is 13.9 Å². The molecule has 174 valence electrons. The molecule has 1 amide bonds. The highest BCUT2D eigenvalue weighted by Crippen LogP contribution is 2.45. The molecule has 9 heteroatoms. The van der Waals surface area contributed by atoms with Crippen molar-refractivity contribution in [2.24, 2.45) is 0 Å². The number of aromatic nitrogens is 1. The van der Waals surface area contributed by atoms with Crippen molar-refractivity contribution in [3.05, 3.63) is 52.8 Å². The van der Waals surface area contributed by atoms with E-state index in [9.17, 15) is 9.18 Å². The minimum absolute atomic E-state index is 0.0288. The first-order chi connectivity index (χ1) is 16.4. The molecule has 0 radical (unpaired) electrons. The molecule has 2 aliphatic rings. The fourth-order valence-electron chi connectivity index (χ4n) is 4.64. The molecule has 2 aliphatic heterocycles. The van der Waals surface area contributed by atoms with E-state index < -0.39 is 0 Å². The topological polar surface area (TPSA) is 71.7 Å². The van der Waals surface area contributed by atoms with E-state index in [1.807, 2.05) is 6.07 Å². The summed E-state index contributed by atoms with van der Waals surface area (Å²) in [6.07, 6.45) is 1.34. The number of thiazole rings is 1. The second-order valence-electron chi connectivity index (χ2n) is 8.22. The maximum absolute atomic E-state index is 14.4. The number of ether oxygens (including phenoxy) is 1. The van der Waals surface area contributed by atoms with E-state index in [0.717, 1.165) is 23.4 Å². The van der Waals surface area contributed by atoms with Crippen molar-refractivity contribution in [1.82, 2.24) is 14.8 Å². The molecule has 0 spiro atoms. The maximum atomic E-state index is 14.4. The number of amides is 1. The Morgan fingerprint density at radius 3 is 3.03 bits per heavy atom. The van der Waals surface area contributed by atoms with Crippen molar-refractivity contribution in [2.45, 2.75) is 19.5 Å². The molecule has 6 nitrogen and oxygen atoms in total. The van der Waals surface area contributed by atoms with Gasteiger partial charge in [0.25, 0.3) is 0 Å². The van der Waals surface area contributed by atoms with Gasteiger partial charge in [-0.1, -0.05) is 35.4 Å². The minimum Gasteiger partial charge on any atom is -0.490 e. The molecular weight excluding hydrogens is 475 g/mol. The van der Waals surface area contributed by atoms with Gasteiger partial charge in [0, 0.05) is 48.4 Å². The Balaban J connectivity index is 1.61. The van der Waals surface area contributed by atoms with Gasteiger partial charge in [-0.15, -0.1) is 5.92 Å². The number of carbonyl (C=O) groups is 1. The smallest absolute Gasteiger partial charge is 0.246 e. The highest BCUT2D eigenvalue weighted by Gasteiger charge is 2.34.